The van der Waals surface area contributed by atoms with Crippen molar-refractivity contribution in [2.75, 3.05) is 19.6 Å². The summed E-state index contributed by atoms with van der Waals surface area (Å²) in [6.07, 6.45) is 7.18. The Morgan fingerprint density at radius 1 is 1.26 bits per heavy atom. The highest BCUT2D eigenvalue weighted by Crippen LogP contribution is 2.30. The second kappa shape index (κ2) is 6.21. The second-order valence-electron chi connectivity index (χ2n) is 5.84. The van der Waals surface area contributed by atoms with Gasteiger partial charge in [-0.2, -0.15) is 0 Å². The standard InChI is InChI=1S/C15H22ClN3/c16-15-9-13(5-8-18-15)11-19(14-1-2-14)10-12-3-6-17-7-4-12/h5,8-9,12,14,17H,1-4,6-7,10-11H2. The van der Waals surface area contributed by atoms with Crippen LogP contribution in [-0.4, -0.2) is 35.6 Å². The van der Waals surface area contributed by atoms with Gasteiger partial charge in [-0.1, -0.05) is 11.6 Å². The van der Waals surface area contributed by atoms with Gasteiger partial charge in [-0.15, -0.1) is 0 Å². The highest BCUT2D eigenvalue weighted by molar-refractivity contribution is 6.29. The Bertz CT molecular complexity index is 414. The number of nitrogens with one attached hydrogen (secondary N) is 1. The monoisotopic (exact) mass is 279 g/mol. The van der Waals surface area contributed by atoms with E-state index in [0.717, 1.165) is 18.5 Å². The molecule has 0 atom stereocenters. The van der Waals surface area contributed by atoms with Crippen LogP contribution in [0.2, 0.25) is 5.15 Å². The predicted molar refractivity (Wildman–Crippen MR) is 78.3 cm³/mol. The molecule has 1 saturated carbocycles. The highest BCUT2D eigenvalue weighted by atomic mass is 35.5. The molecule has 4 heteroatoms. The van der Waals surface area contributed by atoms with Crippen LogP contribution in [0.25, 0.3) is 0 Å². The topological polar surface area (TPSA) is 28.2 Å². The lowest BCUT2D eigenvalue weighted by Gasteiger charge is -2.30. The fraction of sp³-hybridized carbons (Fsp3) is 0.667. The van der Waals surface area contributed by atoms with Gasteiger partial charge in [0.1, 0.15) is 5.15 Å². The first kappa shape index (κ1) is 13.3. The Labute approximate surface area is 120 Å². The zero-order valence-corrected chi connectivity index (χ0v) is 12.1. The maximum atomic E-state index is 5.98. The molecule has 0 unspecified atom stereocenters. The summed E-state index contributed by atoms with van der Waals surface area (Å²) in [7, 11) is 0. The van der Waals surface area contributed by atoms with Crippen LogP contribution < -0.4 is 5.32 Å². The van der Waals surface area contributed by atoms with Gasteiger partial charge in [0.05, 0.1) is 0 Å². The molecule has 2 aliphatic rings. The van der Waals surface area contributed by atoms with Crippen molar-refractivity contribution in [3.63, 3.8) is 0 Å². The van der Waals surface area contributed by atoms with Gasteiger partial charge >= 0.3 is 0 Å². The largest absolute Gasteiger partial charge is 0.317 e. The SMILES string of the molecule is Clc1cc(CN(CC2CCNCC2)C2CC2)ccn1. The molecule has 2 heterocycles. The number of hydrogen-bond acceptors (Lipinski definition) is 3. The molecule has 0 aromatic carbocycles. The summed E-state index contributed by atoms with van der Waals surface area (Å²) in [5, 5.41) is 4.05. The molecule has 1 aliphatic carbocycles. The third-order valence-corrected chi connectivity index (χ3v) is 4.40. The van der Waals surface area contributed by atoms with Crippen molar-refractivity contribution in [3.8, 4) is 0 Å². The third kappa shape index (κ3) is 3.91. The molecule has 0 radical (unpaired) electrons. The molecule has 1 aromatic heterocycles. The first-order valence-electron chi connectivity index (χ1n) is 7.36. The second-order valence-corrected chi connectivity index (χ2v) is 6.23. The molecule has 1 saturated heterocycles. The molecule has 3 nitrogen and oxygen atoms in total. The summed E-state index contributed by atoms with van der Waals surface area (Å²) in [5.41, 5.74) is 1.29. The van der Waals surface area contributed by atoms with E-state index in [9.17, 15) is 0 Å². The van der Waals surface area contributed by atoms with Gasteiger partial charge in [0.2, 0.25) is 0 Å². The predicted octanol–water partition coefficient (Wildman–Crippen LogP) is 2.70. The average Bonchev–Trinajstić information content (AvgIpc) is 3.23. The van der Waals surface area contributed by atoms with Crippen LogP contribution in [-0.2, 0) is 6.54 Å². The van der Waals surface area contributed by atoms with Gasteiger partial charge in [-0.25, -0.2) is 4.98 Å². The Kier molecular flexibility index (Phi) is 4.36. The van der Waals surface area contributed by atoms with Crippen molar-refractivity contribution in [2.24, 2.45) is 5.92 Å². The summed E-state index contributed by atoms with van der Waals surface area (Å²) < 4.78 is 0. The number of hydrogen-bond donors (Lipinski definition) is 1. The minimum atomic E-state index is 0.607. The van der Waals surface area contributed by atoms with E-state index >= 15 is 0 Å². The summed E-state index contributed by atoms with van der Waals surface area (Å²) in [4.78, 5) is 6.72. The van der Waals surface area contributed by atoms with Gasteiger partial charge < -0.3 is 5.32 Å². The Balaban J connectivity index is 1.60. The van der Waals surface area contributed by atoms with Gasteiger partial charge in [0.15, 0.2) is 0 Å². The molecule has 19 heavy (non-hydrogen) atoms. The van der Waals surface area contributed by atoms with Crippen molar-refractivity contribution in [1.29, 1.82) is 0 Å². The zero-order valence-electron chi connectivity index (χ0n) is 11.3. The van der Waals surface area contributed by atoms with Crippen LogP contribution in [0.15, 0.2) is 18.3 Å². The van der Waals surface area contributed by atoms with E-state index in [1.807, 2.05) is 12.3 Å². The smallest absolute Gasteiger partial charge is 0.129 e. The Morgan fingerprint density at radius 3 is 2.74 bits per heavy atom. The highest BCUT2D eigenvalue weighted by Gasteiger charge is 2.30. The maximum Gasteiger partial charge on any atom is 0.129 e. The van der Waals surface area contributed by atoms with E-state index in [0.29, 0.717) is 5.15 Å². The summed E-state index contributed by atoms with van der Waals surface area (Å²) in [5.74, 6) is 0.860. The van der Waals surface area contributed by atoms with Crippen LogP contribution in [0.1, 0.15) is 31.2 Å². The maximum absolute atomic E-state index is 5.98. The van der Waals surface area contributed by atoms with E-state index < -0.39 is 0 Å². The summed E-state index contributed by atoms with van der Waals surface area (Å²) in [6.45, 7) is 4.64. The van der Waals surface area contributed by atoms with Crippen LogP contribution in [0, 0.1) is 5.92 Å². The number of piperidine rings is 1. The molecule has 0 amide bonds. The first-order valence-corrected chi connectivity index (χ1v) is 7.74. The first-order chi connectivity index (χ1) is 9.31. The molecule has 2 fully saturated rings. The van der Waals surface area contributed by atoms with Gasteiger partial charge in [0, 0.05) is 25.3 Å². The van der Waals surface area contributed by atoms with Crippen LogP contribution >= 0.6 is 11.6 Å². The van der Waals surface area contributed by atoms with E-state index in [4.69, 9.17) is 11.6 Å². The minimum Gasteiger partial charge on any atom is -0.317 e. The third-order valence-electron chi connectivity index (χ3n) is 4.19. The lowest BCUT2D eigenvalue weighted by molar-refractivity contribution is 0.190. The lowest BCUT2D eigenvalue weighted by Crippen LogP contribution is -2.37. The number of aromatic nitrogens is 1. The normalized spacial score (nSPS) is 20.9. The van der Waals surface area contributed by atoms with Crippen LogP contribution in [0.5, 0.6) is 0 Å². The molecule has 0 spiro atoms. The van der Waals surface area contributed by atoms with Gasteiger partial charge in [-0.05, 0) is 62.4 Å². The lowest BCUT2D eigenvalue weighted by atomic mass is 9.97. The number of rotatable bonds is 5. The van der Waals surface area contributed by atoms with Crippen molar-refractivity contribution in [3.05, 3.63) is 29.0 Å². The number of nitrogens with zero attached hydrogens (tertiary/aromatic N) is 2. The van der Waals surface area contributed by atoms with E-state index in [2.05, 4.69) is 21.3 Å². The van der Waals surface area contributed by atoms with E-state index in [1.54, 1.807) is 0 Å². The average molecular weight is 280 g/mol. The van der Waals surface area contributed by atoms with Crippen molar-refractivity contribution in [2.45, 2.75) is 38.3 Å². The molecule has 0 bridgehead atoms. The van der Waals surface area contributed by atoms with E-state index in [1.165, 1.54) is 50.9 Å². The fourth-order valence-corrected chi connectivity index (χ4v) is 3.15. The molecule has 1 aromatic rings. The van der Waals surface area contributed by atoms with Crippen LogP contribution in [0.4, 0.5) is 0 Å². The van der Waals surface area contributed by atoms with Crippen molar-refractivity contribution >= 4 is 11.6 Å². The van der Waals surface area contributed by atoms with Crippen molar-refractivity contribution < 1.29 is 0 Å². The Hall–Kier alpha value is -0.640. The van der Waals surface area contributed by atoms with Gasteiger partial charge in [-0.3, -0.25) is 4.90 Å². The molecular weight excluding hydrogens is 258 g/mol. The zero-order chi connectivity index (χ0) is 13.1. The quantitative estimate of drug-likeness (QED) is 0.840. The summed E-state index contributed by atoms with van der Waals surface area (Å²) in [6, 6.07) is 4.89. The number of pyridine rings is 1. The molecule has 104 valence electrons. The minimum absolute atomic E-state index is 0.607. The van der Waals surface area contributed by atoms with E-state index in [-0.39, 0.29) is 0 Å². The van der Waals surface area contributed by atoms with Crippen molar-refractivity contribution in [1.82, 2.24) is 15.2 Å². The Morgan fingerprint density at radius 2 is 2.05 bits per heavy atom. The molecule has 1 N–H and O–H groups in total. The fourth-order valence-electron chi connectivity index (χ4n) is 2.95. The summed E-state index contributed by atoms with van der Waals surface area (Å²) >= 11 is 5.98. The number of halogens is 1. The molecule has 3 rings (SSSR count). The molecule has 1 aliphatic heterocycles. The molecular formula is C15H22ClN3. The van der Waals surface area contributed by atoms with Gasteiger partial charge in [0.25, 0.3) is 0 Å². The van der Waals surface area contributed by atoms with Crippen LogP contribution in [0.3, 0.4) is 0 Å².